The van der Waals surface area contributed by atoms with Crippen LogP contribution in [0.5, 0.6) is 0 Å². The van der Waals surface area contributed by atoms with Gasteiger partial charge in [-0.05, 0) is 23.1 Å². The molecule has 1 aliphatic carbocycles. The Kier molecular flexibility index (Phi) is 6.35. The number of nitrogens with zero attached hydrogens (tertiary/aromatic N) is 1. The van der Waals surface area contributed by atoms with Gasteiger partial charge in [-0.25, -0.2) is 9.18 Å². The molecule has 0 spiro atoms. The number of amides is 1. The molecule has 0 bridgehead atoms. The lowest BCUT2D eigenvalue weighted by Gasteiger charge is -2.36. The second-order valence-corrected chi connectivity index (χ2v) is 8.41. The van der Waals surface area contributed by atoms with Gasteiger partial charge in [0.15, 0.2) is 0 Å². The lowest BCUT2D eigenvalue weighted by Crippen LogP contribution is -2.49. The van der Waals surface area contributed by atoms with Gasteiger partial charge in [-0.1, -0.05) is 54.6 Å². The van der Waals surface area contributed by atoms with Gasteiger partial charge in [0.2, 0.25) is 0 Å². The Hall–Kier alpha value is -2.44. The molecule has 2 N–H and O–H groups in total. The third-order valence-corrected chi connectivity index (χ3v) is 6.18. The molecule has 4 rings (SSSR count). The lowest BCUT2D eigenvalue weighted by atomic mass is 9.93. The first kappa shape index (κ1) is 20.8. The topological polar surface area (TPSA) is 61.8 Å². The zero-order chi connectivity index (χ0) is 21.0. The van der Waals surface area contributed by atoms with E-state index in [1.54, 1.807) is 4.90 Å². The molecule has 1 amide bonds. The van der Waals surface area contributed by atoms with E-state index in [2.05, 4.69) is 5.32 Å². The summed E-state index contributed by atoms with van der Waals surface area (Å²) >= 11 is 0. The highest BCUT2D eigenvalue weighted by Crippen LogP contribution is 2.41. The van der Waals surface area contributed by atoms with E-state index in [9.17, 15) is 4.79 Å². The minimum absolute atomic E-state index is 0.0494. The number of ether oxygens (including phenoxy) is 1. The smallest absolute Gasteiger partial charge is 0.410 e. The fourth-order valence-electron chi connectivity index (χ4n) is 4.05. The Morgan fingerprint density at radius 3 is 2.47 bits per heavy atom. The molecule has 0 radical (unpaired) electrons. The molecule has 2 unspecified atom stereocenters. The van der Waals surface area contributed by atoms with Crippen LogP contribution in [-0.4, -0.2) is 47.4 Å². The van der Waals surface area contributed by atoms with Crippen LogP contribution in [0.2, 0.25) is 0 Å². The van der Waals surface area contributed by atoms with E-state index < -0.39 is 5.67 Å². The van der Waals surface area contributed by atoms with Crippen LogP contribution in [0.25, 0.3) is 0 Å². The van der Waals surface area contributed by atoms with Gasteiger partial charge in [0.25, 0.3) is 0 Å². The van der Waals surface area contributed by atoms with E-state index >= 15 is 4.39 Å². The van der Waals surface area contributed by atoms with Crippen molar-refractivity contribution < 1.29 is 19.0 Å². The summed E-state index contributed by atoms with van der Waals surface area (Å²) in [5.74, 6) is 0.411. The number of aliphatic hydroxyl groups is 1. The lowest BCUT2D eigenvalue weighted by molar-refractivity contribution is 0.0408. The van der Waals surface area contributed by atoms with Crippen molar-refractivity contribution in [3.05, 3.63) is 71.3 Å². The average Bonchev–Trinajstić information content (AvgIpc) is 3.57. The average molecular weight is 413 g/mol. The first-order chi connectivity index (χ1) is 14.6. The Morgan fingerprint density at radius 2 is 1.80 bits per heavy atom. The maximum Gasteiger partial charge on any atom is 0.410 e. The number of benzene rings is 2. The summed E-state index contributed by atoms with van der Waals surface area (Å²) in [7, 11) is 0. The van der Waals surface area contributed by atoms with E-state index in [-0.39, 0.29) is 19.3 Å². The molecule has 30 heavy (non-hydrogen) atoms. The number of hydrogen-bond acceptors (Lipinski definition) is 4. The van der Waals surface area contributed by atoms with Crippen molar-refractivity contribution in [1.82, 2.24) is 10.2 Å². The normalized spacial score (nSPS) is 22.5. The highest BCUT2D eigenvalue weighted by atomic mass is 19.1. The van der Waals surface area contributed by atoms with Crippen LogP contribution in [0, 0.1) is 0 Å². The van der Waals surface area contributed by atoms with Gasteiger partial charge < -0.3 is 20.1 Å². The van der Waals surface area contributed by atoms with E-state index in [1.165, 1.54) is 5.56 Å². The van der Waals surface area contributed by atoms with Crippen molar-refractivity contribution in [1.29, 1.82) is 0 Å². The largest absolute Gasteiger partial charge is 0.445 e. The van der Waals surface area contributed by atoms with E-state index in [1.807, 2.05) is 54.6 Å². The summed E-state index contributed by atoms with van der Waals surface area (Å²) in [6, 6.07) is 17.8. The fourth-order valence-corrected chi connectivity index (χ4v) is 4.05. The molecule has 1 aliphatic heterocycles. The van der Waals surface area contributed by atoms with Gasteiger partial charge in [-0.15, -0.1) is 0 Å². The second kappa shape index (κ2) is 9.14. The molecule has 2 fully saturated rings. The van der Waals surface area contributed by atoms with Crippen molar-refractivity contribution in [2.45, 2.75) is 50.1 Å². The Morgan fingerprint density at radius 1 is 1.10 bits per heavy atom. The molecule has 1 saturated heterocycles. The van der Waals surface area contributed by atoms with Crippen molar-refractivity contribution in [3.8, 4) is 0 Å². The van der Waals surface area contributed by atoms with Crippen LogP contribution in [0.4, 0.5) is 9.18 Å². The van der Waals surface area contributed by atoms with Gasteiger partial charge in [-0.2, -0.15) is 0 Å². The maximum absolute atomic E-state index is 15.2. The van der Waals surface area contributed by atoms with Crippen LogP contribution in [0.15, 0.2) is 54.6 Å². The Labute approximate surface area is 176 Å². The fraction of sp³-hybridized carbons (Fsp3) is 0.458. The van der Waals surface area contributed by atoms with Crippen LogP contribution < -0.4 is 5.32 Å². The van der Waals surface area contributed by atoms with Crippen molar-refractivity contribution >= 4 is 6.09 Å². The van der Waals surface area contributed by atoms with Gasteiger partial charge in [0, 0.05) is 44.4 Å². The monoisotopic (exact) mass is 412 g/mol. The molecule has 6 heteroatoms. The summed E-state index contributed by atoms with van der Waals surface area (Å²) in [5, 5.41) is 12.5. The predicted octanol–water partition coefficient (Wildman–Crippen LogP) is 3.77. The minimum atomic E-state index is -1.29. The van der Waals surface area contributed by atoms with Crippen LogP contribution >= 0.6 is 0 Å². The highest BCUT2D eigenvalue weighted by molar-refractivity contribution is 5.67. The van der Waals surface area contributed by atoms with Crippen LogP contribution in [-0.2, 0) is 18.0 Å². The van der Waals surface area contributed by atoms with E-state index in [0.29, 0.717) is 44.4 Å². The number of hydrogen-bond donors (Lipinski definition) is 2. The van der Waals surface area contributed by atoms with Gasteiger partial charge in [-0.3, -0.25) is 0 Å². The highest BCUT2D eigenvalue weighted by Gasteiger charge is 2.42. The summed E-state index contributed by atoms with van der Waals surface area (Å²) in [4.78, 5) is 13.9. The zero-order valence-electron chi connectivity index (χ0n) is 17.1. The van der Waals surface area contributed by atoms with E-state index in [0.717, 1.165) is 17.5 Å². The molecule has 1 heterocycles. The number of rotatable bonds is 7. The van der Waals surface area contributed by atoms with Gasteiger partial charge in [0.05, 0.1) is 6.61 Å². The van der Waals surface area contributed by atoms with Crippen molar-refractivity contribution in [3.63, 3.8) is 0 Å². The van der Waals surface area contributed by atoms with Gasteiger partial charge >= 0.3 is 6.09 Å². The molecule has 0 aromatic heterocycles. The summed E-state index contributed by atoms with van der Waals surface area (Å²) < 4.78 is 20.6. The molecule has 1 saturated carbocycles. The molecule has 2 aromatic rings. The standard InChI is InChI=1S/C24H29FN2O3/c25-24(17-26-22-14-21(22)20-8-6-18(15-28)7-9-20)10-12-27(13-11-24)23(29)30-16-19-4-2-1-3-5-19/h1-9,21-22,26,28H,10-17H2. The van der Waals surface area contributed by atoms with Gasteiger partial charge in [0.1, 0.15) is 12.3 Å². The molecule has 2 aliphatic rings. The predicted molar refractivity (Wildman–Crippen MR) is 113 cm³/mol. The first-order valence-corrected chi connectivity index (χ1v) is 10.6. The molecular formula is C24H29FN2O3. The molecule has 5 nitrogen and oxygen atoms in total. The zero-order valence-corrected chi connectivity index (χ0v) is 17.1. The quantitative estimate of drug-likeness (QED) is 0.727. The summed E-state index contributed by atoms with van der Waals surface area (Å²) in [6.07, 6.45) is 1.28. The number of carbonyl (C=O) groups is 1. The second-order valence-electron chi connectivity index (χ2n) is 8.41. The van der Waals surface area contributed by atoms with Crippen LogP contribution in [0.1, 0.15) is 41.9 Å². The summed E-state index contributed by atoms with van der Waals surface area (Å²) in [5.41, 5.74) is 1.79. The first-order valence-electron chi connectivity index (χ1n) is 10.6. The number of likely N-dealkylation sites (tertiary alicyclic amines) is 1. The Bertz CT molecular complexity index is 835. The number of alkyl halides is 1. The minimum Gasteiger partial charge on any atom is -0.445 e. The maximum atomic E-state index is 15.2. The SMILES string of the molecule is O=C(OCc1ccccc1)N1CCC(F)(CNC2CC2c2ccc(CO)cc2)CC1. The molecule has 160 valence electrons. The molecule has 2 aromatic carbocycles. The third-order valence-electron chi connectivity index (χ3n) is 6.18. The number of nitrogens with one attached hydrogen (secondary N) is 1. The van der Waals surface area contributed by atoms with Crippen molar-refractivity contribution in [2.75, 3.05) is 19.6 Å². The van der Waals surface area contributed by atoms with Crippen molar-refractivity contribution in [2.24, 2.45) is 0 Å². The number of halogens is 1. The van der Waals surface area contributed by atoms with E-state index in [4.69, 9.17) is 9.84 Å². The number of aliphatic hydroxyl groups excluding tert-OH is 1. The third kappa shape index (κ3) is 5.18. The summed E-state index contributed by atoms with van der Waals surface area (Å²) in [6.45, 7) is 1.36. The number of carbonyl (C=O) groups excluding carboxylic acids is 1. The molecular weight excluding hydrogens is 383 g/mol. The molecule has 2 atom stereocenters. The number of piperidine rings is 1. The Balaban J connectivity index is 1.18. The van der Waals surface area contributed by atoms with Crippen LogP contribution in [0.3, 0.4) is 0 Å².